The second-order valence-corrected chi connectivity index (χ2v) is 3.42. The molecule has 5 nitrogen and oxygen atoms in total. The Bertz CT molecular complexity index is 611. The van der Waals surface area contributed by atoms with E-state index in [-0.39, 0.29) is 11.4 Å². The molecule has 1 aromatic heterocycles. The first-order valence-corrected chi connectivity index (χ1v) is 5.23. The lowest BCUT2D eigenvalue weighted by Gasteiger charge is -2.00. The van der Waals surface area contributed by atoms with Crippen molar-refractivity contribution in [1.29, 1.82) is 5.26 Å². The van der Waals surface area contributed by atoms with Crippen LogP contribution in [0.2, 0.25) is 0 Å². The normalized spacial score (nSPS) is 9.78. The molecule has 0 saturated heterocycles. The average molecular weight is 243 g/mol. The van der Waals surface area contributed by atoms with Gasteiger partial charge in [0.25, 0.3) is 0 Å². The maximum absolute atomic E-state index is 13.6. The molecular weight excluding hydrogens is 233 g/mol. The van der Waals surface area contributed by atoms with Crippen LogP contribution in [0.15, 0.2) is 36.9 Å². The molecule has 0 aliphatic rings. The number of para-hydroxylation sites is 1. The Morgan fingerprint density at radius 1 is 1.44 bits per heavy atom. The third kappa shape index (κ3) is 2.20. The summed E-state index contributed by atoms with van der Waals surface area (Å²) >= 11 is 0. The predicted molar refractivity (Wildman–Crippen MR) is 64.7 cm³/mol. The Hall–Kier alpha value is -2.68. The first-order valence-electron chi connectivity index (χ1n) is 5.23. The maximum atomic E-state index is 13.6. The average Bonchev–Trinajstić information content (AvgIpc) is 2.80. The quantitative estimate of drug-likeness (QED) is 0.832. The van der Waals surface area contributed by atoms with Crippen molar-refractivity contribution in [2.45, 2.75) is 0 Å². The van der Waals surface area contributed by atoms with Gasteiger partial charge in [-0.05, 0) is 12.1 Å². The monoisotopic (exact) mass is 243 g/mol. The van der Waals surface area contributed by atoms with Gasteiger partial charge in [-0.2, -0.15) is 5.26 Å². The number of halogens is 1. The van der Waals surface area contributed by atoms with Gasteiger partial charge in [0.1, 0.15) is 11.8 Å². The molecule has 0 fully saturated rings. The maximum Gasteiger partial charge on any atom is 0.207 e. The first-order chi connectivity index (χ1) is 8.76. The van der Waals surface area contributed by atoms with Gasteiger partial charge in [0.15, 0.2) is 11.6 Å². The fourth-order valence-electron chi connectivity index (χ4n) is 1.39. The second-order valence-electron chi connectivity index (χ2n) is 3.42. The summed E-state index contributed by atoms with van der Waals surface area (Å²) in [6.07, 6.45) is 1.63. The Labute approximate surface area is 103 Å². The zero-order valence-corrected chi connectivity index (χ0v) is 9.47. The largest absolute Gasteiger partial charge is 0.363 e. The molecule has 0 saturated carbocycles. The molecule has 18 heavy (non-hydrogen) atoms. The van der Waals surface area contributed by atoms with E-state index in [4.69, 9.17) is 5.26 Å². The van der Waals surface area contributed by atoms with E-state index >= 15 is 0 Å². The Morgan fingerprint density at radius 3 is 2.89 bits per heavy atom. The van der Waals surface area contributed by atoms with Crippen LogP contribution in [0.1, 0.15) is 5.69 Å². The molecule has 2 rings (SSSR count). The van der Waals surface area contributed by atoms with E-state index in [1.54, 1.807) is 18.2 Å². The zero-order chi connectivity index (χ0) is 13.0. The number of hydrogen-bond acceptors (Lipinski definition) is 4. The number of nitrogens with one attached hydrogen (secondary N) is 1. The van der Waals surface area contributed by atoms with Crippen LogP contribution in [0.3, 0.4) is 0 Å². The van der Waals surface area contributed by atoms with Gasteiger partial charge in [-0.15, -0.1) is 21.6 Å². The van der Waals surface area contributed by atoms with E-state index in [9.17, 15) is 4.39 Å². The van der Waals surface area contributed by atoms with Crippen LogP contribution in [0.4, 0.5) is 10.2 Å². The number of hydrogen-bond donors (Lipinski definition) is 1. The fraction of sp³-hybridized carbons (Fsp3) is 0.0833. The number of benzene rings is 1. The molecular formula is C12H10FN5. The molecule has 0 bridgehead atoms. The van der Waals surface area contributed by atoms with Crippen LogP contribution < -0.4 is 5.32 Å². The van der Waals surface area contributed by atoms with E-state index in [0.29, 0.717) is 12.4 Å². The highest BCUT2D eigenvalue weighted by atomic mass is 19.1. The first kappa shape index (κ1) is 11.8. The van der Waals surface area contributed by atoms with Crippen molar-refractivity contribution >= 4 is 5.82 Å². The molecule has 1 aromatic carbocycles. The predicted octanol–water partition coefficient (Wildman–Crippen LogP) is 1.88. The van der Waals surface area contributed by atoms with Gasteiger partial charge in [-0.25, -0.2) is 4.39 Å². The lowest BCUT2D eigenvalue weighted by Crippen LogP contribution is -2.03. The smallest absolute Gasteiger partial charge is 0.207 e. The summed E-state index contributed by atoms with van der Waals surface area (Å²) in [5.41, 5.74) is 0.306. The van der Waals surface area contributed by atoms with Crippen molar-refractivity contribution in [2.75, 3.05) is 11.9 Å². The highest BCUT2D eigenvalue weighted by Crippen LogP contribution is 2.14. The van der Waals surface area contributed by atoms with Crippen LogP contribution in [0.5, 0.6) is 0 Å². The van der Waals surface area contributed by atoms with Gasteiger partial charge in [0.05, 0.1) is 0 Å². The molecule has 90 valence electrons. The van der Waals surface area contributed by atoms with Gasteiger partial charge in [0.2, 0.25) is 5.69 Å². The number of rotatable bonds is 4. The molecule has 0 unspecified atom stereocenters. The SMILES string of the molecule is C=CCNc1nn(-c2ccccc2F)nc1C#N. The van der Waals surface area contributed by atoms with Crippen molar-refractivity contribution in [3.05, 3.63) is 48.4 Å². The minimum atomic E-state index is -0.452. The highest BCUT2D eigenvalue weighted by Gasteiger charge is 2.13. The van der Waals surface area contributed by atoms with Crippen molar-refractivity contribution < 1.29 is 4.39 Å². The lowest BCUT2D eigenvalue weighted by molar-refractivity contribution is 0.596. The van der Waals surface area contributed by atoms with Crippen LogP contribution in [0.25, 0.3) is 5.69 Å². The number of anilines is 1. The molecule has 0 atom stereocenters. The van der Waals surface area contributed by atoms with E-state index in [2.05, 4.69) is 22.1 Å². The van der Waals surface area contributed by atoms with Gasteiger partial charge >= 0.3 is 0 Å². The Kier molecular flexibility index (Phi) is 3.34. The number of nitriles is 1. The van der Waals surface area contributed by atoms with E-state index in [1.807, 2.05) is 6.07 Å². The van der Waals surface area contributed by atoms with Gasteiger partial charge in [0, 0.05) is 6.54 Å². The minimum absolute atomic E-state index is 0.111. The van der Waals surface area contributed by atoms with Crippen LogP contribution in [-0.4, -0.2) is 21.5 Å². The third-order valence-electron chi connectivity index (χ3n) is 2.20. The van der Waals surface area contributed by atoms with E-state index < -0.39 is 5.82 Å². The standard InChI is InChI=1S/C12H10FN5/c1-2-7-15-12-10(8-14)16-18(17-12)11-6-4-3-5-9(11)13/h2-6H,1,7H2,(H,15,17). The van der Waals surface area contributed by atoms with Crippen LogP contribution in [-0.2, 0) is 0 Å². The van der Waals surface area contributed by atoms with Crippen molar-refractivity contribution in [2.24, 2.45) is 0 Å². The molecule has 0 radical (unpaired) electrons. The Morgan fingerprint density at radius 2 is 2.22 bits per heavy atom. The third-order valence-corrected chi connectivity index (χ3v) is 2.20. The summed E-state index contributed by atoms with van der Waals surface area (Å²) in [5.74, 6) is -0.145. The van der Waals surface area contributed by atoms with Gasteiger partial charge < -0.3 is 5.32 Å². The highest BCUT2D eigenvalue weighted by molar-refractivity contribution is 5.48. The fourth-order valence-corrected chi connectivity index (χ4v) is 1.39. The summed E-state index contributed by atoms with van der Waals surface area (Å²) in [6.45, 7) is 4.00. The van der Waals surface area contributed by atoms with E-state index in [1.165, 1.54) is 12.1 Å². The van der Waals surface area contributed by atoms with Crippen molar-refractivity contribution in [1.82, 2.24) is 15.0 Å². The lowest BCUT2D eigenvalue weighted by atomic mass is 10.3. The minimum Gasteiger partial charge on any atom is -0.363 e. The molecule has 0 aliphatic heterocycles. The number of nitrogens with zero attached hydrogens (tertiary/aromatic N) is 4. The number of aromatic nitrogens is 3. The van der Waals surface area contributed by atoms with Crippen molar-refractivity contribution in [3.8, 4) is 11.8 Å². The van der Waals surface area contributed by atoms with Crippen LogP contribution >= 0.6 is 0 Å². The van der Waals surface area contributed by atoms with Gasteiger partial charge in [-0.3, -0.25) is 0 Å². The second kappa shape index (κ2) is 5.10. The summed E-state index contributed by atoms with van der Waals surface area (Å²) in [7, 11) is 0. The molecule has 0 spiro atoms. The Balaban J connectivity index is 2.42. The summed E-state index contributed by atoms with van der Waals surface area (Å²) in [5, 5.41) is 19.7. The summed E-state index contributed by atoms with van der Waals surface area (Å²) < 4.78 is 13.6. The van der Waals surface area contributed by atoms with E-state index in [0.717, 1.165) is 4.80 Å². The molecule has 0 amide bonds. The van der Waals surface area contributed by atoms with Crippen molar-refractivity contribution in [3.63, 3.8) is 0 Å². The summed E-state index contributed by atoms with van der Waals surface area (Å²) in [6, 6.07) is 7.99. The molecule has 2 aromatic rings. The molecule has 1 heterocycles. The molecule has 6 heteroatoms. The summed E-state index contributed by atoms with van der Waals surface area (Å²) in [4.78, 5) is 1.10. The van der Waals surface area contributed by atoms with Crippen LogP contribution in [0, 0.1) is 17.1 Å². The topological polar surface area (TPSA) is 66.5 Å². The molecule has 1 N–H and O–H groups in total. The van der Waals surface area contributed by atoms with Gasteiger partial charge in [-0.1, -0.05) is 18.2 Å². The molecule has 0 aliphatic carbocycles. The zero-order valence-electron chi connectivity index (χ0n) is 9.47.